The predicted molar refractivity (Wildman–Crippen MR) is 200 cm³/mol. The van der Waals surface area contributed by atoms with E-state index in [4.69, 9.17) is 0 Å². The fourth-order valence-corrected chi connectivity index (χ4v) is 8.30. The average Bonchev–Trinajstić information content (AvgIpc) is 3.78. The number of aromatic nitrogens is 3. The molecule has 0 spiro atoms. The molecule has 3 heterocycles. The molecule has 10 aromatic rings. The lowest BCUT2D eigenvalue weighted by atomic mass is 10.0. The minimum Gasteiger partial charge on any atom is -0.309 e. The van der Waals surface area contributed by atoms with Crippen molar-refractivity contribution in [3.63, 3.8) is 0 Å². The van der Waals surface area contributed by atoms with E-state index in [2.05, 4.69) is 166 Å². The van der Waals surface area contributed by atoms with Crippen molar-refractivity contribution in [1.29, 1.82) is 0 Å². The molecule has 0 atom stereocenters. The first-order valence-electron chi connectivity index (χ1n) is 16.5. The van der Waals surface area contributed by atoms with Crippen LogP contribution >= 0.6 is 0 Å². The maximum Gasteiger partial charge on any atom is 0.0547 e. The molecule has 222 valence electrons. The summed E-state index contributed by atoms with van der Waals surface area (Å²) in [6, 6.07) is 55.5. The lowest BCUT2D eigenvalue weighted by Gasteiger charge is -2.13. The molecule has 0 saturated heterocycles. The van der Waals surface area contributed by atoms with Gasteiger partial charge >= 0.3 is 0 Å². The molecule has 3 heteroatoms. The quantitative estimate of drug-likeness (QED) is 0.195. The Morgan fingerprint density at radius 3 is 1.92 bits per heavy atom. The monoisotopic (exact) mass is 609 g/mol. The molecule has 0 saturated carbocycles. The number of benzene rings is 7. The van der Waals surface area contributed by atoms with E-state index < -0.39 is 0 Å². The van der Waals surface area contributed by atoms with Crippen LogP contribution in [0.1, 0.15) is 0 Å². The summed E-state index contributed by atoms with van der Waals surface area (Å²) in [5.41, 5.74) is 14.7. The van der Waals surface area contributed by atoms with Crippen molar-refractivity contribution in [1.82, 2.24) is 14.1 Å². The second-order valence-corrected chi connectivity index (χ2v) is 12.8. The molecule has 0 radical (unpaired) electrons. The van der Waals surface area contributed by atoms with E-state index in [0.717, 1.165) is 0 Å². The Balaban J connectivity index is 1.14. The molecule has 7 aromatic carbocycles. The van der Waals surface area contributed by atoms with Crippen LogP contribution in [0.5, 0.6) is 0 Å². The normalized spacial score (nSPS) is 12.2. The van der Waals surface area contributed by atoms with Gasteiger partial charge in [-0.3, -0.25) is 4.98 Å². The van der Waals surface area contributed by atoms with E-state index in [-0.39, 0.29) is 0 Å². The highest BCUT2D eigenvalue weighted by atomic mass is 15.0. The lowest BCUT2D eigenvalue weighted by molar-refractivity contribution is 1.18. The van der Waals surface area contributed by atoms with E-state index in [1.165, 1.54) is 99.1 Å². The Kier molecular flexibility index (Phi) is 5.11. The molecular formula is C45H27N3. The van der Waals surface area contributed by atoms with E-state index >= 15 is 0 Å². The molecule has 0 N–H and O–H groups in total. The van der Waals surface area contributed by atoms with Crippen molar-refractivity contribution >= 4 is 54.4 Å². The maximum absolute atomic E-state index is 4.46. The highest BCUT2D eigenvalue weighted by Crippen LogP contribution is 2.49. The minimum atomic E-state index is 1.17. The van der Waals surface area contributed by atoms with Gasteiger partial charge in [0, 0.05) is 50.6 Å². The van der Waals surface area contributed by atoms with Gasteiger partial charge in [0.15, 0.2) is 0 Å². The zero-order chi connectivity index (χ0) is 31.3. The van der Waals surface area contributed by atoms with Gasteiger partial charge in [-0.15, -0.1) is 0 Å². The summed E-state index contributed by atoms with van der Waals surface area (Å²) in [5.74, 6) is 0. The van der Waals surface area contributed by atoms with Gasteiger partial charge in [-0.2, -0.15) is 0 Å². The van der Waals surface area contributed by atoms with Crippen LogP contribution in [-0.4, -0.2) is 14.1 Å². The van der Waals surface area contributed by atoms with Crippen LogP contribution < -0.4 is 0 Å². The van der Waals surface area contributed by atoms with Crippen molar-refractivity contribution in [3.05, 3.63) is 164 Å². The molecule has 11 rings (SSSR count). The van der Waals surface area contributed by atoms with Gasteiger partial charge in [0.05, 0.1) is 27.8 Å². The molecule has 0 amide bonds. The molecule has 0 fully saturated rings. The van der Waals surface area contributed by atoms with Crippen molar-refractivity contribution in [3.8, 4) is 44.8 Å². The van der Waals surface area contributed by atoms with Crippen LogP contribution in [0, 0.1) is 0 Å². The highest BCUT2D eigenvalue weighted by molar-refractivity contribution is 6.19. The number of pyridine rings is 1. The minimum absolute atomic E-state index is 1.17. The highest BCUT2D eigenvalue weighted by Gasteiger charge is 2.24. The average molecular weight is 610 g/mol. The van der Waals surface area contributed by atoms with Gasteiger partial charge in [-0.1, -0.05) is 97.1 Å². The Bertz CT molecular complexity index is 2910. The third kappa shape index (κ3) is 3.40. The van der Waals surface area contributed by atoms with Crippen LogP contribution in [-0.2, 0) is 0 Å². The number of hydrogen-bond donors (Lipinski definition) is 0. The number of rotatable bonds is 3. The van der Waals surface area contributed by atoms with Crippen LogP contribution in [0.15, 0.2) is 164 Å². The predicted octanol–water partition coefficient (Wildman–Crippen LogP) is 11.7. The largest absolute Gasteiger partial charge is 0.309 e. The fourth-order valence-electron chi connectivity index (χ4n) is 8.30. The Morgan fingerprint density at radius 1 is 0.375 bits per heavy atom. The number of para-hydroxylation sites is 3. The van der Waals surface area contributed by atoms with Crippen molar-refractivity contribution < 1.29 is 0 Å². The van der Waals surface area contributed by atoms with Gasteiger partial charge < -0.3 is 9.13 Å². The third-order valence-corrected chi connectivity index (χ3v) is 10.4. The van der Waals surface area contributed by atoms with Crippen LogP contribution in [0.3, 0.4) is 0 Å². The zero-order valence-corrected chi connectivity index (χ0v) is 25.9. The second kappa shape index (κ2) is 9.54. The summed E-state index contributed by atoms with van der Waals surface area (Å²) in [6.45, 7) is 0. The van der Waals surface area contributed by atoms with Crippen molar-refractivity contribution in [2.75, 3.05) is 0 Å². The number of hydrogen-bond acceptors (Lipinski definition) is 1. The topological polar surface area (TPSA) is 22.8 Å². The van der Waals surface area contributed by atoms with Crippen molar-refractivity contribution in [2.45, 2.75) is 0 Å². The van der Waals surface area contributed by atoms with Crippen molar-refractivity contribution in [2.24, 2.45) is 0 Å². The van der Waals surface area contributed by atoms with Gasteiger partial charge in [0.25, 0.3) is 0 Å². The molecule has 3 aromatic heterocycles. The zero-order valence-electron chi connectivity index (χ0n) is 25.9. The third-order valence-electron chi connectivity index (χ3n) is 10.4. The first kappa shape index (κ1) is 25.7. The Hall–Kier alpha value is -6.45. The van der Waals surface area contributed by atoms with Gasteiger partial charge in [-0.05, 0) is 87.8 Å². The Labute approximate surface area is 276 Å². The molecular weight excluding hydrogens is 583 g/mol. The maximum atomic E-state index is 4.46. The van der Waals surface area contributed by atoms with Gasteiger partial charge in [-0.25, -0.2) is 0 Å². The summed E-state index contributed by atoms with van der Waals surface area (Å²) in [7, 11) is 0. The standard InChI is InChI=1S/C45H27N3/c1-2-9-30(10-3-1)47-40-15-6-4-11-32(40)34-19-17-29(26-44(34)47)28-18-21-43-38(25-28)33-12-5-7-16-41(33)48(43)42-22-20-36-31-23-24-46-27-39(31)35-13-8-14-37(42)45(35)36/h1-27H. The van der Waals surface area contributed by atoms with Crippen LogP contribution in [0.2, 0.25) is 0 Å². The first-order valence-corrected chi connectivity index (χ1v) is 16.5. The summed E-state index contributed by atoms with van der Waals surface area (Å²) < 4.78 is 4.84. The SMILES string of the molecule is c1ccc(-n2c3ccccc3c3ccc(-c4ccc5c(c4)c4ccccc4n5-c4ccc5c6c(cccc46)-c4cnccc4-5)cc32)cc1. The molecule has 0 aliphatic heterocycles. The molecule has 0 unspecified atom stereocenters. The molecule has 0 bridgehead atoms. The molecule has 1 aliphatic rings. The second-order valence-electron chi connectivity index (χ2n) is 12.8. The number of fused-ring (bicyclic) bond motifs is 9. The summed E-state index contributed by atoms with van der Waals surface area (Å²) in [6.07, 6.45) is 3.90. The van der Waals surface area contributed by atoms with E-state index in [1.54, 1.807) is 0 Å². The van der Waals surface area contributed by atoms with Crippen LogP contribution in [0.4, 0.5) is 0 Å². The smallest absolute Gasteiger partial charge is 0.0547 e. The summed E-state index contributed by atoms with van der Waals surface area (Å²) in [4.78, 5) is 4.46. The van der Waals surface area contributed by atoms with Gasteiger partial charge in [0.1, 0.15) is 0 Å². The van der Waals surface area contributed by atoms with E-state index in [9.17, 15) is 0 Å². The molecule has 3 nitrogen and oxygen atoms in total. The lowest BCUT2D eigenvalue weighted by Crippen LogP contribution is -1.96. The van der Waals surface area contributed by atoms with E-state index in [0.29, 0.717) is 0 Å². The Morgan fingerprint density at radius 2 is 1.04 bits per heavy atom. The summed E-state index contributed by atoms with van der Waals surface area (Å²) >= 11 is 0. The molecule has 1 aliphatic carbocycles. The van der Waals surface area contributed by atoms with E-state index in [1.807, 2.05) is 12.4 Å². The van der Waals surface area contributed by atoms with Crippen LogP contribution in [0.25, 0.3) is 99.1 Å². The number of nitrogens with zero attached hydrogens (tertiary/aromatic N) is 3. The first-order chi connectivity index (χ1) is 23.8. The fraction of sp³-hybridized carbons (Fsp3) is 0. The summed E-state index contributed by atoms with van der Waals surface area (Å²) in [5, 5.41) is 7.61. The van der Waals surface area contributed by atoms with Gasteiger partial charge in [0.2, 0.25) is 0 Å². The molecule has 48 heavy (non-hydrogen) atoms.